The van der Waals surface area contributed by atoms with Crippen molar-refractivity contribution in [1.82, 2.24) is 9.55 Å². The highest BCUT2D eigenvalue weighted by atomic mass is 32.2. The summed E-state index contributed by atoms with van der Waals surface area (Å²) in [6.45, 7) is 8.26. The number of hydrogen-bond acceptors (Lipinski definition) is 4. The molecule has 3 rings (SSSR count). The van der Waals surface area contributed by atoms with E-state index in [1.807, 2.05) is 12.2 Å². The highest BCUT2D eigenvalue weighted by Gasteiger charge is 2.21. The van der Waals surface area contributed by atoms with E-state index in [1.54, 1.807) is 23.1 Å². The van der Waals surface area contributed by atoms with Gasteiger partial charge in [0.25, 0.3) is 0 Å². The Morgan fingerprint density at radius 3 is 2.86 bits per heavy atom. The molecule has 0 saturated carbocycles. The third kappa shape index (κ3) is 2.60. The SMILES string of the molecule is C=CCSc1nc2c(=O)c3c(sc2n1CC=C)CCCC3. The largest absolute Gasteiger partial charge is 0.307 e. The molecule has 21 heavy (non-hydrogen) atoms. The fourth-order valence-corrected chi connectivity index (χ4v) is 4.80. The molecule has 0 aliphatic heterocycles. The minimum Gasteiger partial charge on any atom is -0.307 e. The summed E-state index contributed by atoms with van der Waals surface area (Å²) in [6, 6.07) is 0. The van der Waals surface area contributed by atoms with E-state index in [0.29, 0.717) is 12.1 Å². The van der Waals surface area contributed by atoms with Gasteiger partial charge >= 0.3 is 0 Å². The highest BCUT2D eigenvalue weighted by molar-refractivity contribution is 7.99. The smallest absolute Gasteiger partial charge is 0.211 e. The summed E-state index contributed by atoms with van der Waals surface area (Å²) in [5.74, 6) is 0.791. The molecule has 110 valence electrons. The van der Waals surface area contributed by atoms with Crippen molar-refractivity contribution in [3.63, 3.8) is 0 Å². The van der Waals surface area contributed by atoms with Gasteiger partial charge in [-0.15, -0.1) is 24.5 Å². The van der Waals surface area contributed by atoms with Crippen LogP contribution in [-0.2, 0) is 19.4 Å². The quantitative estimate of drug-likeness (QED) is 0.621. The van der Waals surface area contributed by atoms with E-state index < -0.39 is 0 Å². The second-order valence-corrected chi connectivity index (χ2v) is 7.16. The van der Waals surface area contributed by atoms with Crippen molar-refractivity contribution in [1.29, 1.82) is 0 Å². The second kappa shape index (κ2) is 6.20. The standard InChI is InChI=1S/C16H18N2OS2/c1-3-9-18-15-13(17-16(18)20-10-4-2)14(19)11-7-5-6-8-12(11)21-15/h3-4H,1-2,5-10H2. The van der Waals surface area contributed by atoms with E-state index >= 15 is 0 Å². The minimum atomic E-state index is 0.140. The van der Waals surface area contributed by atoms with E-state index in [0.717, 1.165) is 40.6 Å². The Bertz CT molecular complexity index is 758. The fourth-order valence-electron chi connectivity index (χ4n) is 2.69. The molecule has 0 unspecified atom stereocenters. The van der Waals surface area contributed by atoms with Gasteiger partial charge in [0.15, 0.2) is 5.16 Å². The van der Waals surface area contributed by atoms with Gasteiger partial charge in [-0.3, -0.25) is 4.79 Å². The first-order chi connectivity index (χ1) is 10.3. The van der Waals surface area contributed by atoms with Crippen LogP contribution in [-0.4, -0.2) is 15.3 Å². The van der Waals surface area contributed by atoms with Crippen molar-refractivity contribution in [3.8, 4) is 0 Å². The van der Waals surface area contributed by atoms with Gasteiger partial charge in [-0.2, -0.15) is 0 Å². The van der Waals surface area contributed by atoms with Crippen LogP contribution in [0.1, 0.15) is 23.3 Å². The number of imidazole rings is 1. The predicted molar refractivity (Wildman–Crippen MR) is 91.6 cm³/mol. The molecule has 3 nitrogen and oxygen atoms in total. The number of aromatic nitrogens is 2. The van der Waals surface area contributed by atoms with E-state index in [4.69, 9.17) is 0 Å². The van der Waals surface area contributed by atoms with Crippen LogP contribution in [0, 0.1) is 0 Å². The Morgan fingerprint density at radius 2 is 2.10 bits per heavy atom. The van der Waals surface area contributed by atoms with Crippen molar-refractivity contribution in [2.45, 2.75) is 37.4 Å². The summed E-state index contributed by atoms with van der Waals surface area (Å²) in [7, 11) is 0. The summed E-state index contributed by atoms with van der Waals surface area (Å²) in [5.41, 5.74) is 1.78. The third-order valence-electron chi connectivity index (χ3n) is 3.65. The van der Waals surface area contributed by atoms with Gasteiger partial charge in [-0.05, 0) is 25.7 Å². The van der Waals surface area contributed by atoms with Crippen molar-refractivity contribution >= 4 is 33.4 Å². The zero-order valence-electron chi connectivity index (χ0n) is 11.9. The highest BCUT2D eigenvalue weighted by Crippen LogP contribution is 2.31. The molecular formula is C16H18N2OS2. The number of aryl methyl sites for hydroxylation is 1. The van der Waals surface area contributed by atoms with Crippen LogP contribution in [0.4, 0.5) is 0 Å². The Morgan fingerprint density at radius 1 is 1.29 bits per heavy atom. The number of thioether (sulfide) groups is 1. The Kier molecular flexibility index (Phi) is 4.31. The van der Waals surface area contributed by atoms with Gasteiger partial charge in [-0.1, -0.05) is 23.9 Å². The van der Waals surface area contributed by atoms with Crippen LogP contribution in [0.2, 0.25) is 0 Å². The first-order valence-electron chi connectivity index (χ1n) is 7.16. The summed E-state index contributed by atoms with van der Waals surface area (Å²) in [4.78, 5) is 19.5. The van der Waals surface area contributed by atoms with Gasteiger partial charge in [-0.25, -0.2) is 4.98 Å². The van der Waals surface area contributed by atoms with Gasteiger partial charge in [0.1, 0.15) is 10.3 Å². The maximum Gasteiger partial charge on any atom is 0.211 e. The average molecular weight is 318 g/mol. The molecule has 0 saturated heterocycles. The lowest BCUT2D eigenvalue weighted by Crippen LogP contribution is -2.15. The monoisotopic (exact) mass is 318 g/mol. The molecule has 0 bridgehead atoms. The second-order valence-electron chi connectivity index (χ2n) is 5.09. The van der Waals surface area contributed by atoms with Gasteiger partial charge in [0.05, 0.1) is 0 Å². The van der Waals surface area contributed by atoms with Crippen LogP contribution < -0.4 is 5.43 Å². The number of fused-ring (bicyclic) bond motifs is 2. The number of nitrogens with zero attached hydrogens (tertiary/aromatic N) is 2. The van der Waals surface area contributed by atoms with E-state index in [1.165, 1.54) is 11.3 Å². The van der Waals surface area contributed by atoms with Gasteiger partial charge in [0.2, 0.25) is 5.43 Å². The number of allylic oxidation sites excluding steroid dienone is 1. The molecule has 1 aliphatic rings. The van der Waals surface area contributed by atoms with E-state index in [2.05, 4.69) is 22.7 Å². The topological polar surface area (TPSA) is 34.9 Å². The normalized spacial score (nSPS) is 14.1. The molecule has 2 aromatic rings. The lowest BCUT2D eigenvalue weighted by Gasteiger charge is -2.13. The molecule has 0 N–H and O–H groups in total. The Hall–Kier alpha value is -1.33. The zero-order chi connectivity index (χ0) is 14.8. The van der Waals surface area contributed by atoms with Gasteiger partial charge in [0, 0.05) is 22.7 Å². The fraction of sp³-hybridized carbons (Fsp3) is 0.375. The lowest BCUT2D eigenvalue weighted by molar-refractivity contribution is 0.692. The molecule has 0 amide bonds. The molecule has 2 aromatic heterocycles. The van der Waals surface area contributed by atoms with Crippen molar-refractivity contribution in [2.24, 2.45) is 0 Å². The maximum absolute atomic E-state index is 12.7. The molecule has 1 aliphatic carbocycles. The van der Waals surface area contributed by atoms with Crippen molar-refractivity contribution in [2.75, 3.05) is 5.75 Å². The molecule has 2 heterocycles. The number of hydrogen-bond donors (Lipinski definition) is 0. The maximum atomic E-state index is 12.7. The van der Waals surface area contributed by atoms with Crippen molar-refractivity contribution in [3.05, 3.63) is 46.0 Å². The van der Waals surface area contributed by atoms with Crippen LogP contribution in [0.3, 0.4) is 0 Å². The third-order valence-corrected chi connectivity index (χ3v) is 5.93. The summed E-state index contributed by atoms with van der Waals surface area (Å²) in [5, 5.41) is 0.889. The summed E-state index contributed by atoms with van der Waals surface area (Å²) >= 11 is 3.36. The summed E-state index contributed by atoms with van der Waals surface area (Å²) in [6.07, 6.45) is 7.95. The minimum absolute atomic E-state index is 0.140. The number of rotatable bonds is 5. The predicted octanol–water partition coefficient (Wildman–Crippen LogP) is 3.80. The van der Waals surface area contributed by atoms with Crippen LogP contribution in [0.15, 0.2) is 35.3 Å². The molecule has 0 spiro atoms. The van der Waals surface area contributed by atoms with Crippen molar-refractivity contribution < 1.29 is 0 Å². The molecule has 0 aromatic carbocycles. The Balaban J connectivity index is 2.23. The first kappa shape index (κ1) is 14.6. The lowest BCUT2D eigenvalue weighted by atomic mass is 9.98. The van der Waals surface area contributed by atoms with E-state index in [-0.39, 0.29) is 5.43 Å². The molecular weight excluding hydrogens is 300 g/mol. The molecule has 0 atom stereocenters. The molecule has 5 heteroatoms. The van der Waals surface area contributed by atoms with Crippen LogP contribution in [0.25, 0.3) is 10.3 Å². The van der Waals surface area contributed by atoms with Gasteiger partial charge < -0.3 is 4.57 Å². The molecule has 0 radical (unpaired) electrons. The van der Waals surface area contributed by atoms with Crippen LogP contribution in [0.5, 0.6) is 0 Å². The Labute approximate surface area is 132 Å². The average Bonchev–Trinajstić information content (AvgIpc) is 2.84. The van der Waals surface area contributed by atoms with Crippen LogP contribution >= 0.6 is 23.1 Å². The first-order valence-corrected chi connectivity index (χ1v) is 8.96. The summed E-state index contributed by atoms with van der Waals surface area (Å²) < 4.78 is 2.11. The van der Waals surface area contributed by atoms with E-state index in [9.17, 15) is 4.79 Å². The molecule has 0 fully saturated rings. The zero-order valence-corrected chi connectivity index (χ0v) is 13.6.